The van der Waals surface area contributed by atoms with Crippen LogP contribution in [0.1, 0.15) is 24.2 Å². The summed E-state index contributed by atoms with van der Waals surface area (Å²) in [5.41, 5.74) is 1.40. The highest BCUT2D eigenvalue weighted by Crippen LogP contribution is 2.38. The predicted molar refractivity (Wildman–Crippen MR) is 93.5 cm³/mol. The topological polar surface area (TPSA) is 50.4 Å². The number of thiophene rings is 2. The summed E-state index contributed by atoms with van der Waals surface area (Å²) in [5, 5.41) is 11.3. The molecule has 0 bridgehead atoms. The number of nitrogens with one attached hydrogen (secondary N) is 2. The fourth-order valence-electron chi connectivity index (χ4n) is 1.77. The van der Waals surface area contributed by atoms with Crippen molar-refractivity contribution in [3.63, 3.8) is 0 Å². The lowest BCUT2D eigenvalue weighted by atomic mass is 10.1. The van der Waals surface area contributed by atoms with Crippen molar-refractivity contribution in [2.24, 2.45) is 0 Å². The lowest BCUT2D eigenvalue weighted by molar-refractivity contribution is 0.0603. The van der Waals surface area contributed by atoms with E-state index in [1.165, 1.54) is 18.4 Å². The fraction of sp³-hybridized carbons (Fsp3) is 0.286. The Hall–Kier alpha value is -1.44. The zero-order chi connectivity index (χ0) is 15.4. The van der Waals surface area contributed by atoms with Gasteiger partial charge in [0.2, 0.25) is 0 Å². The standard InChI is InChI=1S/C14H16N2O2S3/c1-8(2)15-14(19)16-12-11(13(17)18-3)9(7-21-12)10-5-4-6-20-10/h4-8H,1-3H3,(H2,15,16,19). The Kier molecular flexibility index (Phi) is 5.33. The Morgan fingerprint density at radius 2 is 2.14 bits per heavy atom. The Morgan fingerprint density at radius 3 is 2.71 bits per heavy atom. The second-order valence-electron chi connectivity index (χ2n) is 4.58. The molecule has 0 amide bonds. The zero-order valence-electron chi connectivity index (χ0n) is 11.9. The highest BCUT2D eigenvalue weighted by atomic mass is 32.1. The van der Waals surface area contributed by atoms with E-state index in [9.17, 15) is 4.79 Å². The van der Waals surface area contributed by atoms with Gasteiger partial charge in [0.1, 0.15) is 10.6 Å². The predicted octanol–water partition coefficient (Wildman–Crippen LogP) is 3.96. The van der Waals surface area contributed by atoms with Gasteiger partial charge < -0.3 is 15.4 Å². The van der Waals surface area contributed by atoms with E-state index in [0.29, 0.717) is 15.7 Å². The van der Waals surface area contributed by atoms with Crippen LogP contribution in [0.15, 0.2) is 22.9 Å². The van der Waals surface area contributed by atoms with Crippen molar-refractivity contribution >= 4 is 51.0 Å². The van der Waals surface area contributed by atoms with E-state index >= 15 is 0 Å². The lowest BCUT2D eigenvalue weighted by Gasteiger charge is -2.13. The van der Waals surface area contributed by atoms with Gasteiger partial charge in [-0.2, -0.15) is 0 Å². The number of hydrogen-bond donors (Lipinski definition) is 2. The monoisotopic (exact) mass is 340 g/mol. The van der Waals surface area contributed by atoms with Crippen LogP contribution < -0.4 is 10.6 Å². The molecule has 2 rings (SSSR count). The van der Waals surface area contributed by atoms with Crippen LogP contribution in [-0.4, -0.2) is 24.2 Å². The SMILES string of the molecule is COC(=O)c1c(-c2cccs2)csc1NC(=S)NC(C)C. The molecule has 21 heavy (non-hydrogen) atoms. The first kappa shape index (κ1) is 15.9. The first-order chi connectivity index (χ1) is 10.0. The first-order valence-electron chi connectivity index (χ1n) is 6.34. The third-order valence-corrected chi connectivity index (χ3v) is 4.63. The van der Waals surface area contributed by atoms with E-state index in [2.05, 4.69) is 10.6 Å². The third-order valence-electron chi connectivity index (χ3n) is 2.61. The summed E-state index contributed by atoms with van der Waals surface area (Å²) in [6, 6.07) is 4.16. The van der Waals surface area contributed by atoms with Crippen molar-refractivity contribution in [1.29, 1.82) is 0 Å². The molecule has 0 aromatic carbocycles. The Labute approximate surface area is 137 Å². The number of anilines is 1. The highest BCUT2D eigenvalue weighted by Gasteiger charge is 2.22. The van der Waals surface area contributed by atoms with E-state index < -0.39 is 0 Å². The summed E-state index contributed by atoms with van der Waals surface area (Å²) >= 11 is 8.26. The van der Waals surface area contributed by atoms with Crippen LogP contribution in [0, 0.1) is 0 Å². The average molecular weight is 340 g/mol. The van der Waals surface area contributed by atoms with E-state index in [4.69, 9.17) is 17.0 Å². The summed E-state index contributed by atoms with van der Waals surface area (Å²) < 4.78 is 4.91. The van der Waals surface area contributed by atoms with E-state index in [1.807, 2.05) is 36.7 Å². The van der Waals surface area contributed by atoms with Crippen molar-refractivity contribution in [2.75, 3.05) is 12.4 Å². The van der Waals surface area contributed by atoms with Crippen LogP contribution in [0.3, 0.4) is 0 Å². The molecular weight excluding hydrogens is 324 g/mol. The maximum atomic E-state index is 12.1. The largest absolute Gasteiger partial charge is 0.465 e. The fourth-order valence-corrected chi connectivity index (χ4v) is 3.95. The number of rotatable bonds is 4. The third kappa shape index (κ3) is 3.81. The minimum absolute atomic E-state index is 0.225. The lowest BCUT2D eigenvalue weighted by Crippen LogP contribution is -2.34. The highest BCUT2D eigenvalue weighted by molar-refractivity contribution is 7.80. The zero-order valence-corrected chi connectivity index (χ0v) is 14.4. The molecule has 0 fully saturated rings. The summed E-state index contributed by atoms with van der Waals surface area (Å²) in [6.07, 6.45) is 0. The number of carbonyl (C=O) groups is 1. The number of hydrogen-bond acceptors (Lipinski definition) is 5. The number of methoxy groups -OCH3 is 1. The van der Waals surface area contributed by atoms with Gasteiger partial charge in [-0.05, 0) is 37.5 Å². The van der Waals surface area contributed by atoms with Gasteiger partial charge in [0.25, 0.3) is 0 Å². The molecule has 0 radical (unpaired) electrons. The maximum absolute atomic E-state index is 12.1. The van der Waals surface area contributed by atoms with Crippen LogP contribution in [0.4, 0.5) is 5.00 Å². The molecule has 0 saturated carbocycles. The van der Waals surface area contributed by atoms with Crippen molar-refractivity contribution in [1.82, 2.24) is 5.32 Å². The molecule has 0 atom stereocenters. The van der Waals surface area contributed by atoms with Crippen LogP contribution in [0.5, 0.6) is 0 Å². The molecule has 0 aliphatic carbocycles. The van der Waals surface area contributed by atoms with Gasteiger partial charge >= 0.3 is 5.97 Å². The van der Waals surface area contributed by atoms with Gasteiger partial charge in [0.05, 0.1) is 7.11 Å². The van der Waals surface area contributed by atoms with Crippen LogP contribution >= 0.6 is 34.9 Å². The van der Waals surface area contributed by atoms with Gasteiger partial charge in [0, 0.05) is 21.9 Å². The molecule has 4 nitrogen and oxygen atoms in total. The number of carbonyl (C=O) groups excluding carboxylic acids is 1. The van der Waals surface area contributed by atoms with Crippen LogP contribution in [0.2, 0.25) is 0 Å². The quantitative estimate of drug-likeness (QED) is 0.652. The summed E-state index contributed by atoms with van der Waals surface area (Å²) in [7, 11) is 1.38. The summed E-state index contributed by atoms with van der Waals surface area (Å²) in [4.78, 5) is 13.1. The van der Waals surface area contributed by atoms with E-state index in [0.717, 1.165) is 10.4 Å². The number of esters is 1. The first-order valence-corrected chi connectivity index (χ1v) is 8.51. The molecule has 2 aromatic rings. The van der Waals surface area contributed by atoms with Crippen molar-refractivity contribution in [3.05, 3.63) is 28.5 Å². The summed E-state index contributed by atoms with van der Waals surface area (Å²) in [5.74, 6) is -0.366. The molecule has 112 valence electrons. The van der Waals surface area contributed by atoms with E-state index in [1.54, 1.807) is 11.3 Å². The number of thiocarbonyl (C=S) groups is 1. The van der Waals surface area contributed by atoms with Gasteiger partial charge in [-0.1, -0.05) is 6.07 Å². The molecule has 7 heteroatoms. The number of ether oxygens (including phenoxy) is 1. The average Bonchev–Trinajstić information content (AvgIpc) is 3.05. The normalized spacial score (nSPS) is 10.5. The Morgan fingerprint density at radius 1 is 1.38 bits per heavy atom. The summed E-state index contributed by atoms with van der Waals surface area (Å²) in [6.45, 7) is 4.00. The smallest absolute Gasteiger partial charge is 0.341 e. The second kappa shape index (κ2) is 7.02. The van der Waals surface area contributed by atoms with Gasteiger partial charge in [0.15, 0.2) is 5.11 Å². The molecule has 2 N–H and O–H groups in total. The second-order valence-corrected chi connectivity index (χ2v) is 6.81. The van der Waals surface area contributed by atoms with Crippen LogP contribution in [0.25, 0.3) is 10.4 Å². The molecule has 2 heterocycles. The minimum Gasteiger partial charge on any atom is -0.465 e. The molecule has 2 aromatic heterocycles. The molecule has 0 spiro atoms. The Balaban J connectivity index is 2.34. The molecule has 0 unspecified atom stereocenters. The minimum atomic E-state index is -0.366. The van der Waals surface area contributed by atoms with Gasteiger partial charge in [-0.25, -0.2) is 4.79 Å². The van der Waals surface area contributed by atoms with Crippen molar-refractivity contribution < 1.29 is 9.53 Å². The van der Waals surface area contributed by atoms with E-state index in [-0.39, 0.29) is 12.0 Å². The van der Waals surface area contributed by atoms with Crippen LogP contribution in [-0.2, 0) is 4.74 Å². The molecule has 0 saturated heterocycles. The van der Waals surface area contributed by atoms with Gasteiger partial charge in [-0.15, -0.1) is 22.7 Å². The van der Waals surface area contributed by atoms with Crippen molar-refractivity contribution in [3.8, 4) is 10.4 Å². The molecule has 0 aliphatic heterocycles. The maximum Gasteiger partial charge on any atom is 0.341 e. The Bertz CT molecular complexity index is 633. The van der Waals surface area contributed by atoms with Crippen molar-refractivity contribution in [2.45, 2.75) is 19.9 Å². The molecule has 0 aliphatic rings. The van der Waals surface area contributed by atoms with Gasteiger partial charge in [-0.3, -0.25) is 0 Å². The molecular formula is C14H16N2O2S3.